The number of aryl methyl sites for hydroxylation is 2. The molecule has 1 N–H and O–H groups in total. The quantitative estimate of drug-likeness (QED) is 0.824. The Kier molecular flexibility index (Phi) is 3.23. The maximum absolute atomic E-state index is 11.9. The molecule has 0 aliphatic rings. The third-order valence-electron chi connectivity index (χ3n) is 2.50. The van der Waals surface area contributed by atoms with Crippen molar-refractivity contribution in [3.8, 4) is 0 Å². The van der Waals surface area contributed by atoms with Crippen LogP contribution in [0.3, 0.4) is 0 Å². The van der Waals surface area contributed by atoms with Crippen molar-refractivity contribution in [1.29, 1.82) is 0 Å². The molecular formula is C13H13N3O2. The minimum absolute atomic E-state index is 0.320. The highest BCUT2D eigenvalue weighted by molar-refractivity contribution is 5.91. The Balaban J connectivity index is 2.15. The van der Waals surface area contributed by atoms with Gasteiger partial charge < -0.3 is 5.32 Å². The molecule has 0 unspecified atom stereocenters. The summed E-state index contributed by atoms with van der Waals surface area (Å²) in [4.78, 5) is 22.4. The number of hydrogen-bond donors (Lipinski definition) is 1. The summed E-state index contributed by atoms with van der Waals surface area (Å²) >= 11 is 0. The Hall–Kier alpha value is -2.43. The molecule has 5 nitrogen and oxygen atoms in total. The van der Waals surface area contributed by atoms with Gasteiger partial charge in [-0.3, -0.25) is 4.79 Å². The summed E-state index contributed by atoms with van der Waals surface area (Å²) < 4.78 is 1.31. The molecule has 0 aliphatic carbocycles. The minimum Gasteiger partial charge on any atom is -0.306 e. The fourth-order valence-electron chi connectivity index (χ4n) is 1.66. The van der Waals surface area contributed by atoms with E-state index in [1.807, 2.05) is 19.9 Å². The van der Waals surface area contributed by atoms with E-state index < -0.39 is 0 Å². The van der Waals surface area contributed by atoms with Gasteiger partial charge in [-0.25, -0.2) is 4.79 Å². The van der Waals surface area contributed by atoms with Gasteiger partial charge in [0, 0.05) is 16.9 Å². The topological polar surface area (TPSA) is 64.0 Å². The van der Waals surface area contributed by atoms with Gasteiger partial charge in [0.1, 0.15) is 6.29 Å². The van der Waals surface area contributed by atoms with Crippen LogP contribution in [0, 0.1) is 13.8 Å². The molecule has 2 rings (SSSR count). The number of anilines is 1. The molecule has 0 spiro atoms. The van der Waals surface area contributed by atoms with E-state index in [9.17, 15) is 9.59 Å². The van der Waals surface area contributed by atoms with Crippen molar-refractivity contribution in [2.75, 3.05) is 5.32 Å². The van der Waals surface area contributed by atoms with Gasteiger partial charge >= 0.3 is 6.03 Å². The number of carbonyl (C=O) groups is 2. The van der Waals surface area contributed by atoms with Crippen molar-refractivity contribution in [2.24, 2.45) is 0 Å². The first-order valence-electron chi connectivity index (χ1n) is 5.50. The van der Waals surface area contributed by atoms with Crippen LogP contribution in [0.2, 0.25) is 0 Å². The molecule has 0 bridgehead atoms. The number of amides is 1. The number of benzene rings is 1. The molecule has 0 aliphatic heterocycles. The van der Waals surface area contributed by atoms with Crippen LogP contribution in [-0.2, 0) is 0 Å². The molecule has 18 heavy (non-hydrogen) atoms. The van der Waals surface area contributed by atoms with Crippen molar-refractivity contribution >= 4 is 18.0 Å². The van der Waals surface area contributed by atoms with E-state index in [2.05, 4.69) is 10.4 Å². The van der Waals surface area contributed by atoms with E-state index in [-0.39, 0.29) is 6.03 Å². The highest BCUT2D eigenvalue weighted by Gasteiger charge is 2.09. The molecule has 1 heterocycles. The lowest BCUT2D eigenvalue weighted by Crippen LogP contribution is -2.21. The summed E-state index contributed by atoms with van der Waals surface area (Å²) in [5, 5.41) is 6.80. The Morgan fingerprint density at radius 3 is 2.44 bits per heavy atom. The van der Waals surface area contributed by atoms with Gasteiger partial charge in [-0.05, 0) is 44.2 Å². The molecule has 0 radical (unpaired) electrons. The normalized spacial score (nSPS) is 10.1. The molecular weight excluding hydrogens is 230 g/mol. The standard InChI is InChI=1S/C13H13N3O2/c1-9-7-10(2)16(15-9)13(18)14-12-5-3-11(8-17)4-6-12/h3-8H,1-2H3,(H,14,18). The van der Waals surface area contributed by atoms with E-state index in [4.69, 9.17) is 0 Å². The smallest absolute Gasteiger partial charge is 0.306 e. The van der Waals surface area contributed by atoms with Crippen LogP contribution >= 0.6 is 0 Å². The van der Waals surface area contributed by atoms with Crippen molar-refractivity contribution in [1.82, 2.24) is 9.78 Å². The monoisotopic (exact) mass is 243 g/mol. The summed E-state index contributed by atoms with van der Waals surface area (Å²) in [7, 11) is 0. The molecule has 0 saturated carbocycles. The van der Waals surface area contributed by atoms with Gasteiger partial charge in [0.25, 0.3) is 0 Å². The van der Waals surface area contributed by atoms with Gasteiger partial charge in [-0.15, -0.1) is 0 Å². The number of rotatable bonds is 2. The Bertz CT molecular complexity index is 585. The Labute approximate surface area is 104 Å². The average Bonchev–Trinajstić information content (AvgIpc) is 2.69. The molecule has 1 aromatic carbocycles. The van der Waals surface area contributed by atoms with Crippen LogP contribution in [0.4, 0.5) is 10.5 Å². The fourth-order valence-corrected chi connectivity index (χ4v) is 1.66. The second kappa shape index (κ2) is 4.83. The first-order chi connectivity index (χ1) is 8.60. The third-order valence-corrected chi connectivity index (χ3v) is 2.50. The van der Waals surface area contributed by atoms with Gasteiger partial charge in [0.15, 0.2) is 0 Å². The summed E-state index contributed by atoms with van der Waals surface area (Å²) in [6, 6.07) is 8.14. The van der Waals surface area contributed by atoms with Gasteiger partial charge in [0.05, 0.1) is 5.69 Å². The van der Waals surface area contributed by atoms with Crippen molar-refractivity contribution in [2.45, 2.75) is 13.8 Å². The molecule has 2 aromatic rings. The third kappa shape index (κ3) is 2.45. The Morgan fingerprint density at radius 1 is 1.28 bits per heavy atom. The van der Waals surface area contributed by atoms with Crippen molar-refractivity contribution < 1.29 is 9.59 Å². The fraction of sp³-hybridized carbons (Fsp3) is 0.154. The summed E-state index contributed by atoms with van der Waals surface area (Å²) in [5.41, 5.74) is 2.76. The molecule has 1 aromatic heterocycles. The molecule has 92 valence electrons. The number of nitrogens with zero attached hydrogens (tertiary/aromatic N) is 2. The summed E-state index contributed by atoms with van der Waals surface area (Å²) in [6.45, 7) is 3.64. The summed E-state index contributed by atoms with van der Waals surface area (Å²) in [5.74, 6) is 0. The van der Waals surface area contributed by atoms with E-state index in [0.717, 1.165) is 17.7 Å². The predicted octanol–water partition coefficient (Wildman–Crippen LogP) is 2.39. The molecule has 5 heteroatoms. The van der Waals surface area contributed by atoms with Gasteiger partial charge in [-0.1, -0.05) is 0 Å². The van der Waals surface area contributed by atoms with Crippen molar-refractivity contribution in [3.63, 3.8) is 0 Å². The average molecular weight is 243 g/mol. The number of aldehydes is 1. The number of hydrogen-bond acceptors (Lipinski definition) is 3. The highest BCUT2D eigenvalue weighted by Crippen LogP contribution is 2.09. The zero-order valence-electron chi connectivity index (χ0n) is 10.2. The highest BCUT2D eigenvalue weighted by atomic mass is 16.2. The lowest BCUT2D eigenvalue weighted by Gasteiger charge is -2.06. The van der Waals surface area contributed by atoms with Crippen LogP contribution < -0.4 is 5.32 Å². The minimum atomic E-state index is -0.320. The van der Waals surface area contributed by atoms with Crippen molar-refractivity contribution in [3.05, 3.63) is 47.3 Å². The van der Waals surface area contributed by atoms with Gasteiger partial charge in [0.2, 0.25) is 0 Å². The van der Waals surface area contributed by atoms with Crippen LogP contribution in [0.1, 0.15) is 21.7 Å². The molecule has 0 atom stereocenters. The second-order valence-corrected chi connectivity index (χ2v) is 4.01. The molecule has 0 fully saturated rings. The predicted molar refractivity (Wildman–Crippen MR) is 67.9 cm³/mol. The maximum Gasteiger partial charge on any atom is 0.346 e. The second-order valence-electron chi connectivity index (χ2n) is 4.01. The van der Waals surface area contributed by atoms with E-state index in [0.29, 0.717) is 11.3 Å². The van der Waals surface area contributed by atoms with Crippen LogP contribution in [0.25, 0.3) is 0 Å². The largest absolute Gasteiger partial charge is 0.346 e. The van der Waals surface area contributed by atoms with Crippen LogP contribution in [0.15, 0.2) is 30.3 Å². The molecule has 0 saturated heterocycles. The number of carbonyl (C=O) groups excluding carboxylic acids is 2. The lowest BCUT2D eigenvalue weighted by molar-refractivity contribution is 0.112. The first kappa shape index (κ1) is 12.0. The summed E-state index contributed by atoms with van der Waals surface area (Å²) in [6.07, 6.45) is 0.757. The lowest BCUT2D eigenvalue weighted by atomic mass is 10.2. The maximum atomic E-state index is 11.9. The Morgan fingerprint density at radius 2 is 1.94 bits per heavy atom. The number of aromatic nitrogens is 2. The SMILES string of the molecule is Cc1cc(C)n(C(=O)Nc2ccc(C=O)cc2)n1. The zero-order chi connectivity index (χ0) is 13.1. The van der Waals surface area contributed by atoms with Crippen LogP contribution in [0.5, 0.6) is 0 Å². The van der Waals surface area contributed by atoms with Gasteiger partial charge in [-0.2, -0.15) is 9.78 Å². The van der Waals surface area contributed by atoms with E-state index in [1.165, 1.54) is 4.68 Å². The van der Waals surface area contributed by atoms with E-state index >= 15 is 0 Å². The first-order valence-corrected chi connectivity index (χ1v) is 5.50. The zero-order valence-corrected chi connectivity index (χ0v) is 10.2. The van der Waals surface area contributed by atoms with E-state index in [1.54, 1.807) is 24.3 Å². The molecule has 1 amide bonds. The number of nitrogens with one attached hydrogen (secondary N) is 1. The van der Waals surface area contributed by atoms with Crippen LogP contribution in [-0.4, -0.2) is 22.1 Å².